The number of halogens is 3. The maximum Gasteiger partial charge on any atom is 0.203 e. The van der Waals surface area contributed by atoms with Gasteiger partial charge in [0.25, 0.3) is 0 Å². The zero-order chi connectivity index (χ0) is 17.1. The molecule has 0 unspecified atom stereocenters. The maximum absolute atomic E-state index is 13.6. The molecule has 1 aliphatic heterocycles. The first-order valence-corrected chi connectivity index (χ1v) is 7.55. The van der Waals surface area contributed by atoms with E-state index >= 15 is 0 Å². The normalized spacial score (nSPS) is 15.2. The highest BCUT2D eigenvalue weighted by molar-refractivity contribution is 5.32. The van der Waals surface area contributed by atoms with Crippen LogP contribution in [0.4, 0.5) is 13.2 Å². The summed E-state index contributed by atoms with van der Waals surface area (Å²) in [6, 6.07) is 3.63. The molecule has 126 valence electrons. The molecule has 1 N–H and O–H groups in total. The van der Waals surface area contributed by atoms with E-state index in [0.717, 1.165) is 32.0 Å². The van der Waals surface area contributed by atoms with Crippen molar-refractivity contribution in [2.24, 2.45) is 0 Å². The predicted octanol–water partition coefficient (Wildman–Crippen LogP) is 2.68. The van der Waals surface area contributed by atoms with Gasteiger partial charge in [0, 0.05) is 5.56 Å². The van der Waals surface area contributed by atoms with Gasteiger partial charge in [0.05, 0.1) is 12.2 Å². The van der Waals surface area contributed by atoms with Crippen LogP contribution >= 0.6 is 0 Å². The second-order valence-corrected chi connectivity index (χ2v) is 5.52. The van der Waals surface area contributed by atoms with E-state index in [1.165, 1.54) is 6.20 Å². The number of nitrogens with zero attached hydrogens (tertiary/aromatic N) is 3. The summed E-state index contributed by atoms with van der Waals surface area (Å²) in [6.07, 6.45) is 3.11. The summed E-state index contributed by atoms with van der Waals surface area (Å²) in [4.78, 5) is 0. The quantitative estimate of drug-likeness (QED) is 0.872. The number of rotatable bonds is 4. The first-order valence-electron chi connectivity index (χ1n) is 7.55. The number of aromatic nitrogens is 2. The molecule has 24 heavy (non-hydrogen) atoms. The van der Waals surface area contributed by atoms with Gasteiger partial charge in [-0.3, -0.25) is 4.68 Å². The molecular formula is C16H15F3N4O. The summed E-state index contributed by atoms with van der Waals surface area (Å²) >= 11 is 0. The number of nitriles is 1. The van der Waals surface area contributed by atoms with Gasteiger partial charge < -0.3 is 10.1 Å². The Morgan fingerprint density at radius 2 is 1.96 bits per heavy atom. The lowest BCUT2D eigenvalue weighted by molar-refractivity contribution is 0.267. The van der Waals surface area contributed by atoms with Gasteiger partial charge in [0.15, 0.2) is 17.4 Å². The number of hydrogen-bond acceptors (Lipinski definition) is 4. The Morgan fingerprint density at radius 1 is 1.25 bits per heavy atom. The molecule has 0 spiro atoms. The van der Waals surface area contributed by atoms with Crippen LogP contribution in [0.25, 0.3) is 0 Å². The van der Waals surface area contributed by atoms with Crippen molar-refractivity contribution in [2.45, 2.75) is 25.5 Å². The molecule has 8 heteroatoms. The van der Waals surface area contributed by atoms with Crippen molar-refractivity contribution in [3.05, 3.63) is 47.0 Å². The lowest BCUT2D eigenvalue weighted by Crippen LogP contribution is -2.30. The summed E-state index contributed by atoms with van der Waals surface area (Å²) in [5.41, 5.74) is 0.693. The van der Waals surface area contributed by atoms with Crippen LogP contribution in [0.5, 0.6) is 5.75 Å². The largest absolute Gasteiger partial charge is 0.483 e. The Morgan fingerprint density at radius 3 is 2.67 bits per heavy atom. The van der Waals surface area contributed by atoms with Crippen LogP contribution in [0.15, 0.2) is 18.3 Å². The van der Waals surface area contributed by atoms with Crippen LogP contribution in [0, 0.1) is 28.8 Å². The minimum atomic E-state index is -1.39. The molecule has 1 aromatic heterocycles. The van der Waals surface area contributed by atoms with E-state index in [9.17, 15) is 18.4 Å². The molecule has 3 rings (SSSR count). The molecule has 0 atom stereocenters. The average Bonchev–Trinajstić information content (AvgIpc) is 3.02. The third-order valence-corrected chi connectivity index (χ3v) is 4.01. The minimum absolute atomic E-state index is 0.0947. The lowest BCUT2D eigenvalue weighted by Gasteiger charge is -2.23. The highest BCUT2D eigenvalue weighted by atomic mass is 19.2. The molecule has 0 radical (unpaired) electrons. The molecule has 1 aliphatic rings. The van der Waals surface area contributed by atoms with E-state index in [1.54, 1.807) is 4.68 Å². The Bertz CT molecular complexity index is 778. The fourth-order valence-electron chi connectivity index (χ4n) is 2.75. The van der Waals surface area contributed by atoms with Crippen molar-refractivity contribution in [1.29, 1.82) is 5.26 Å². The Kier molecular flexibility index (Phi) is 4.71. The van der Waals surface area contributed by atoms with E-state index in [1.807, 2.05) is 0 Å². The summed E-state index contributed by atoms with van der Waals surface area (Å²) < 4.78 is 47.1. The predicted molar refractivity (Wildman–Crippen MR) is 78.7 cm³/mol. The molecular weight excluding hydrogens is 321 g/mol. The van der Waals surface area contributed by atoms with Gasteiger partial charge in [0.1, 0.15) is 18.4 Å². The Balaban J connectivity index is 1.80. The third-order valence-electron chi connectivity index (χ3n) is 4.01. The smallest absolute Gasteiger partial charge is 0.203 e. The van der Waals surface area contributed by atoms with Crippen LogP contribution < -0.4 is 10.1 Å². The van der Waals surface area contributed by atoms with Gasteiger partial charge in [-0.05, 0) is 38.1 Å². The van der Waals surface area contributed by atoms with Gasteiger partial charge in [-0.1, -0.05) is 0 Å². The van der Waals surface area contributed by atoms with Crippen molar-refractivity contribution >= 4 is 0 Å². The van der Waals surface area contributed by atoms with Crippen molar-refractivity contribution in [3.8, 4) is 11.8 Å². The first kappa shape index (κ1) is 16.3. The molecule has 0 bridgehead atoms. The average molecular weight is 336 g/mol. The number of ether oxygens (including phenoxy) is 1. The van der Waals surface area contributed by atoms with Gasteiger partial charge in [-0.25, -0.2) is 8.78 Å². The number of piperidine rings is 1. The van der Waals surface area contributed by atoms with E-state index in [4.69, 9.17) is 4.74 Å². The van der Waals surface area contributed by atoms with Crippen LogP contribution in [0.3, 0.4) is 0 Å². The molecule has 0 aliphatic carbocycles. The van der Waals surface area contributed by atoms with Crippen LogP contribution in [-0.2, 0) is 6.61 Å². The zero-order valence-electron chi connectivity index (χ0n) is 12.7. The minimum Gasteiger partial charge on any atom is -0.483 e. The van der Waals surface area contributed by atoms with Crippen LogP contribution in [-0.4, -0.2) is 22.9 Å². The van der Waals surface area contributed by atoms with Crippen LogP contribution in [0.1, 0.15) is 30.1 Å². The van der Waals surface area contributed by atoms with E-state index in [2.05, 4.69) is 16.5 Å². The van der Waals surface area contributed by atoms with Gasteiger partial charge >= 0.3 is 0 Å². The highest BCUT2D eigenvalue weighted by Gasteiger charge is 2.22. The molecule has 2 heterocycles. The molecule has 0 amide bonds. The summed E-state index contributed by atoms with van der Waals surface area (Å²) in [5.74, 6) is -4.39. The highest BCUT2D eigenvalue weighted by Crippen LogP contribution is 2.26. The molecule has 1 aromatic carbocycles. The number of benzene rings is 1. The monoisotopic (exact) mass is 336 g/mol. The van der Waals surface area contributed by atoms with Crippen LogP contribution in [0.2, 0.25) is 0 Å². The molecule has 5 nitrogen and oxygen atoms in total. The second-order valence-electron chi connectivity index (χ2n) is 5.52. The first-order chi connectivity index (χ1) is 11.6. The van der Waals surface area contributed by atoms with E-state index in [0.29, 0.717) is 17.3 Å². The second kappa shape index (κ2) is 6.93. The van der Waals surface area contributed by atoms with Crippen molar-refractivity contribution in [3.63, 3.8) is 0 Å². The van der Waals surface area contributed by atoms with Crippen molar-refractivity contribution in [1.82, 2.24) is 15.1 Å². The zero-order valence-corrected chi connectivity index (χ0v) is 12.7. The van der Waals surface area contributed by atoms with Crippen molar-refractivity contribution < 1.29 is 17.9 Å². The fraction of sp³-hybridized carbons (Fsp3) is 0.375. The van der Waals surface area contributed by atoms with E-state index < -0.39 is 23.2 Å². The SMILES string of the molecule is N#Cc1c(COc2c(F)ccc(F)c2F)cnn1C1CCNCC1. The van der Waals surface area contributed by atoms with E-state index in [-0.39, 0.29) is 12.6 Å². The summed E-state index contributed by atoms with van der Waals surface area (Å²) in [5, 5.41) is 16.8. The summed E-state index contributed by atoms with van der Waals surface area (Å²) in [7, 11) is 0. The van der Waals surface area contributed by atoms with Gasteiger partial charge in [0.2, 0.25) is 5.82 Å². The Hall–Kier alpha value is -2.53. The maximum atomic E-state index is 13.6. The number of nitrogens with one attached hydrogen (secondary N) is 1. The molecule has 1 saturated heterocycles. The van der Waals surface area contributed by atoms with Crippen molar-refractivity contribution in [2.75, 3.05) is 13.1 Å². The fourth-order valence-corrected chi connectivity index (χ4v) is 2.75. The number of hydrogen-bond donors (Lipinski definition) is 1. The molecule has 1 fully saturated rings. The topological polar surface area (TPSA) is 62.9 Å². The Labute approximate surface area is 136 Å². The molecule has 2 aromatic rings. The third kappa shape index (κ3) is 3.08. The van der Waals surface area contributed by atoms with Gasteiger partial charge in [-0.2, -0.15) is 14.8 Å². The lowest BCUT2D eigenvalue weighted by atomic mass is 10.1. The van der Waals surface area contributed by atoms with Gasteiger partial charge in [-0.15, -0.1) is 0 Å². The molecule has 0 saturated carbocycles. The standard InChI is InChI=1S/C16H15F3N4O/c17-12-1-2-13(18)16(15(12)19)24-9-10-8-22-23(14(10)7-20)11-3-5-21-6-4-11/h1-2,8,11,21H,3-6,9H2. The summed E-state index contributed by atoms with van der Waals surface area (Å²) in [6.45, 7) is 1.40.